The van der Waals surface area contributed by atoms with Gasteiger partial charge in [-0.2, -0.15) is 13.5 Å². The summed E-state index contributed by atoms with van der Waals surface area (Å²) in [5.74, 6) is 0. The fraction of sp³-hybridized carbons (Fsp3) is 1.00. The predicted octanol–water partition coefficient (Wildman–Crippen LogP) is 0.176. The third-order valence-corrected chi connectivity index (χ3v) is 0.846. The Morgan fingerprint density at radius 1 is 0.900 bits per heavy atom. The largest absolute Gasteiger partial charge is 0.379 e. The topological polar surface area (TPSA) is 21.3 Å². The summed E-state index contributed by atoms with van der Waals surface area (Å²) >= 11 is 0. The van der Waals surface area contributed by atoms with Gasteiger partial charge in [-0.1, -0.05) is 0 Å². The van der Waals surface area contributed by atoms with Crippen LogP contribution in [0.2, 0.25) is 0 Å². The first-order chi connectivity index (χ1) is 3.00. The first-order valence-corrected chi connectivity index (χ1v) is 2.28. The summed E-state index contributed by atoms with van der Waals surface area (Å²) in [5, 5.41) is 3.16. The van der Waals surface area contributed by atoms with Crippen molar-refractivity contribution in [1.82, 2.24) is 5.32 Å². The van der Waals surface area contributed by atoms with Gasteiger partial charge in [0.05, 0.1) is 13.2 Å². The standard InChI is InChI=1S/C4H9NO.3FH.H2S/c1-3-6-4-2-5-1;;;;/h5H,1-4H2;3*1H;1H2. The lowest BCUT2D eigenvalue weighted by Crippen LogP contribution is -2.30. The lowest BCUT2D eigenvalue weighted by molar-refractivity contribution is 0.109. The Labute approximate surface area is 64.9 Å². The van der Waals surface area contributed by atoms with Crippen molar-refractivity contribution in [2.75, 3.05) is 26.3 Å². The summed E-state index contributed by atoms with van der Waals surface area (Å²) in [6.45, 7) is 3.83. The van der Waals surface area contributed by atoms with Gasteiger partial charge in [-0.15, -0.1) is 0 Å². The highest BCUT2D eigenvalue weighted by Crippen LogP contribution is 1.76. The van der Waals surface area contributed by atoms with Gasteiger partial charge in [-0.25, -0.2) is 0 Å². The molecule has 0 aromatic carbocycles. The first-order valence-electron chi connectivity index (χ1n) is 2.28. The molecule has 0 amide bonds. The third kappa shape index (κ3) is 10.9. The zero-order valence-electron chi connectivity index (χ0n) is 5.46. The quantitative estimate of drug-likeness (QED) is 0.575. The van der Waals surface area contributed by atoms with Gasteiger partial charge in [-0.05, 0) is 0 Å². The molecule has 1 heterocycles. The SMILES string of the molecule is C1COCCN1.F.F.F.S. The van der Waals surface area contributed by atoms with Crippen LogP contribution in [-0.4, -0.2) is 26.3 Å². The van der Waals surface area contributed by atoms with Crippen molar-refractivity contribution in [1.29, 1.82) is 0 Å². The van der Waals surface area contributed by atoms with Crippen molar-refractivity contribution in [2.45, 2.75) is 0 Å². The minimum Gasteiger partial charge on any atom is -0.379 e. The average molecular weight is 181 g/mol. The van der Waals surface area contributed by atoms with E-state index >= 15 is 0 Å². The molecule has 0 atom stereocenters. The second-order valence-corrected chi connectivity index (χ2v) is 1.36. The number of halogens is 3. The monoisotopic (exact) mass is 181 g/mol. The second kappa shape index (κ2) is 16.0. The molecule has 1 saturated heterocycles. The van der Waals surface area contributed by atoms with E-state index in [-0.39, 0.29) is 27.6 Å². The van der Waals surface area contributed by atoms with Crippen LogP contribution in [0.25, 0.3) is 0 Å². The fourth-order valence-electron chi connectivity index (χ4n) is 0.516. The number of hydrogen-bond donors (Lipinski definition) is 1. The smallest absolute Gasteiger partial charge is 0.0591 e. The molecule has 10 heavy (non-hydrogen) atoms. The van der Waals surface area contributed by atoms with Gasteiger partial charge in [-0.3, -0.25) is 14.1 Å². The Morgan fingerprint density at radius 2 is 1.30 bits per heavy atom. The molecule has 1 aliphatic rings. The van der Waals surface area contributed by atoms with E-state index in [1.54, 1.807) is 0 Å². The molecule has 0 aromatic rings. The fourth-order valence-corrected chi connectivity index (χ4v) is 0.516. The summed E-state index contributed by atoms with van der Waals surface area (Å²) in [7, 11) is 0. The second-order valence-electron chi connectivity index (χ2n) is 1.36. The number of hydrogen-bond acceptors (Lipinski definition) is 2. The Balaban J connectivity index is -0.0000000450. The van der Waals surface area contributed by atoms with Crippen LogP contribution in [0.1, 0.15) is 0 Å². The Hall–Kier alpha value is 0.0600. The molecule has 1 aliphatic heterocycles. The maximum atomic E-state index is 5.01. The Kier molecular flexibility index (Phi) is 36.0. The summed E-state index contributed by atoms with van der Waals surface area (Å²) in [4.78, 5) is 0. The molecule has 0 radical (unpaired) electrons. The molecule has 2 nitrogen and oxygen atoms in total. The van der Waals surface area contributed by atoms with Gasteiger partial charge < -0.3 is 10.1 Å². The van der Waals surface area contributed by atoms with Crippen molar-refractivity contribution >= 4 is 13.5 Å². The number of morpholine rings is 1. The maximum Gasteiger partial charge on any atom is 0.0591 e. The van der Waals surface area contributed by atoms with E-state index in [4.69, 9.17) is 4.74 Å². The molecule has 0 bridgehead atoms. The minimum atomic E-state index is 0. The first kappa shape index (κ1) is 22.5. The van der Waals surface area contributed by atoms with Crippen LogP contribution < -0.4 is 5.32 Å². The molecule has 0 saturated carbocycles. The molecule has 0 spiro atoms. The van der Waals surface area contributed by atoms with Crippen LogP contribution in [0.3, 0.4) is 0 Å². The highest BCUT2D eigenvalue weighted by atomic mass is 32.1. The predicted molar refractivity (Wildman–Crippen MR) is 41.6 cm³/mol. The van der Waals surface area contributed by atoms with E-state index in [0.717, 1.165) is 26.3 Å². The van der Waals surface area contributed by atoms with Crippen molar-refractivity contribution in [3.05, 3.63) is 0 Å². The summed E-state index contributed by atoms with van der Waals surface area (Å²) in [6.07, 6.45) is 0. The van der Waals surface area contributed by atoms with Crippen LogP contribution >= 0.6 is 13.5 Å². The molecule has 68 valence electrons. The van der Waals surface area contributed by atoms with Crippen LogP contribution in [-0.2, 0) is 4.74 Å². The lowest BCUT2D eigenvalue weighted by Gasteiger charge is -2.10. The molecule has 1 N–H and O–H groups in total. The number of ether oxygens (including phenoxy) is 1. The summed E-state index contributed by atoms with van der Waals surface area (Å²) < 4.78 is 5.01. The van der Waals surface area contributed by atoms with Crippen molar-refractivity contribution < 1.29 is 18.9 Å². The maximum absolute atomic E-state index is 5.01. The van der Waals surface area contributed by atoms with E-state index in [1.165, 1.54) is 0 Å². The number of nitrogens with one attached hydrogen (secondary N) is 1. The summed E-state index contributed by atoms with van der Waals surface area (Å²) in [5.41, 5.74) is 0. The Morgan fingerprint density at radius 3 is 1.40 bits per heavy atom. The normalized spacial score (nSPS) is 14.4. The molecule has 1 rings (SSSR count). The van der Waals surface area contributed by atoms with E-state index in [9.17, 15) is 0 Å². The van der Waals surface area contributed by atoms with E-state index in [2.05, 4.69) is 5.32 Å². The Bertz CT molecular complexity index is 36.0. The third-order valence-electron chi connectivity index (χ3n) is 0.846. The van der Waals surface area contributed by atoms with Crippen LogP contribution in [0.5, 0.6) is 0 Å². The minimum absolute atomic E-state index is 0. The van der Waals surface area contributed by atoms with Gasteiger partial charge in [0.2, 0.25) is 0 Å². The highest BCUT2D eigenvalue weighted by molar-refractivity contribution is 7.59. The van der Waals surface area contributed by atoms with Crippen LogP contribution in [0.4, 0.5) is 14.1 Å². The average Bonchev–Trinajstić information content (AvgIpc) is 1.72. The van der Waals surface area contributed by atoms with E-state index in [1.807, 2.05) is 0 Å². The molecular weight excluding hydrogens is 167 g/mol. The van der Waals surface area contributed by atoms with Gasteiger partial charge >= 0.3 is 0 Å². The van der Waals surface area contributed by atoms with E-state index in [0.29, 0.717) is 0 Å². The molecular formula is C4H14F3NOS. The van der Waals surface area contributed by atoms with Crippen LogP contribution in [0, 0.1) is 0 Å². The van der Waals surface area contributed by atoms with Crippen molar-refractivity contribution in [2.24, 2.45) is 0 Å². The number of rotatable bonds is 0. The molecule has 0 aromatic heterocycles. The molecule has 1 fully saturated rings. The van der Waals surface area contributed by atoms with Gasteiger partial charge in [0.25, 0.3) is 0 Å². The zero-order chi connectivity index (χ0) is 4.24. The highest BCUT2D eigenvalue weighted by Gasteiger charge is 1.92. The van der Waals surface area contributed by atoms with Crippen molar-refractivity contribution in [3.63, 3.8) is 0 Å². The van der Waals surface area contributed by atoms with Crippen LogP contribution in [0.15, 0.2) is 0 Å². The zero-order valence-corrected chi connectivity index (χ0v) is 6.46. The molecule has 0 unspecified atom stereocenters. The van der Waals surface area contributed by atoms with E-state index < -0.39 is 0 Å². The molecule has 6 heteroatoms. The van der Waals surface area contributed by atoms with Crippen molar-refractivity contribution in [3.8, 4) is 0 Å². The molecule has 0 aliphatic carbocycles. The summed E-state index contributed by atoms with van der Waals surface area (Å²) in [6, 6.07) is 0. The van der Waals surface area contributed by atoms with Gasteiger partial charge in [0, 0.05) is 13.1 Å². The lowest BCUT2D eigenvalue weighted by atomic mass is 10.5. The van der Waals surface area contributed by atoms with Gasteiger partial charge in [0.1, 0.15) is 0 Å². The van der Waals surface area contributed by atoms with Gasteiger partial charge in [0.15, 0.2) is 0 Å².